The topological polar surface area (TPSA) is 75.6 Å². The van der Waals surface area contributed by atoms with Crippen molar-refractivity contribution >= 4 is 5.91 Å². The van der Waals surface area contributed by atoms with Gasteiger partial charge in [0.1, 0.15) is 11.5 Å². The van der Waals surface area contributed by atoms with Crippen LogP contribution in [0.5, 0.6) is 0 Å². The highest BCUT2D eigenvalue weighted by Gasteiger charge is 2.47. The molecule has 2 aromatic rings. The summed E-state index contributed by atoms with van der Waals surface area (Å²) in [6.07, 6.45) is -1.27. The molecule has 0 aliphatic rings. The van der Waals surface area contributed by atoms with Gasteiger partial charge in [-0.3, -0.25) is 9.48 Å². The molecule has 0 aliphatic carbocycles. The van der Waals surface area contributed by atoms with Crippen LogP contribution in [0.1, 0.15) is 61.7 Å². The molecule has 9 heteroatoms. The summed E-state index contributed by atoms with van der Waals surface area (Å²) >= 11 is 0. The number of nitrogens with one attached hydrogen (secondary N) is 2. The van der Waals surface area contributed by atoms with Gasteiger partial charge in [0.25, 0.3) is 5.91 Å². The summed E-state index contributed by atoms with van der Waals surface area (Å²) < 4.78 is 41.0. The summed E-state index contributed by atoms with van der Waals surface area (Å²) in [6.45, 7) is 6.44. The first-order valence-corrected chi connectivity index (χ1v) is 8.46. The van der Waals surface area contributed by atoms with Gasteiger partial charge in [-0.15, -0.1) is 0 Å². The Morgan fingerprint density at radius 2 is 2.08 bits per heavy atom. The molecule has 1 amide bonds. The highest BCUT2D eigenvalue weighted by Crippen LogP contribution is 2.42. The van der Waals surface area contributed by atoms with E-state index in [4.69, 9.17) is 0 Å². The molecule has 0 radical (unpaired) electrons. The Kier molecular flexibility index (Phi) is 5.77. The van der Waals surface area contributed by atoms with Crippen LogP contribution in [0.15, 0.2) is 18.5 Å². The predicted molar refractivity (Wildman–Crippen MR) is 90.5 cm³/mol. The van der Waals surface area contributed by atoms with Crippen molar-refractivity contribution in [2.24, 2.45) is 5.41 Å². The van der Waals surface area contributed by atoms with Crippen molar-refractivity contribution in [1.29, 1.82) is 0 Å². The van der Waals surface area contributed by atoms with Crippen LogP contribution in [0.2, 0.25) is 0 Å². The van der Waals surface area contributed by atoms with Crippen molar-refractivity contribution in [3.8, 4) is 0 Å². The first-order chi connectivity index (χ1) is 12.0. The molecule has 2 aromatic heterocycles. The number of imidazole rings is 1. The van der Waals surface area contributed by atoms with E-state index < -0.39 is 17.6 Å². The lowest BCUT2D eigenvalue weighted by Crippen LogP contribution is -2.35. The number of alkyl halides is 3. The maximum Gasteiger partial charge on any atom is 0.393 e. The largest absolute Gasteiger partial charge is 0.393 e. The minimum Gasteiger partial charge on any atom is -0.344 e. The van der Waals surface area contributed by atoms with E-state index in [1.54, 1.807) is 13.0 Å². The first kappa shape index (κ1) is 20.0. The number of nitrogens with zero attached hydrogens (tertiary/aromatic N) is 3. The Hall–Kier alpha value is -2.32. The number of carbonyl (C=O) groups excluding carboxylic acids is 1. The number of H-pyrrole nitrogens is 1. The van der Waals surface area contributed by atoms with Crippen molar-refractivity contribution in [1.82, 2.24) is 25.1 Å². The molecule has 6 nitrogen and oxygen atoms in total. The molecule has 0 spiro atoms. The lowest BCUT2D eigenvalue weighted by molar-refractivity contribution is -0.214. The van der Waals surface area contributed by atoms with E-state index >= 15 is 0 Å². The second kappa shape index (κ2) is 7.51. The molecule has 2 N–H and O–H groups in total. The van der Waals surface area contributed by atoms with Crippen molar-refractivity contribution in [3.63, 3.8) is 0 Å². The van der Waals surface area contributed by atoms with Gasteiger partial charge in [-0.1, -0.05) is 13.8 Å². The highest BCUT2D eigenvalue weighted by molar-refractivity contribution is 5.92. The molecule has 26 heavy (non-hydrogen) atoms. The maximum absolute atomic E-state index is 13.2. The van der Waals surface area contributed by atoms with Gasteiger partial charge in [0.15, 0.2) is 0 Å². The predicted octanol–water partition coefficient (Wildman–Crippen LogP) is 3.77. The van der Waals surface area contributed by atoms with Crippen molar-refractivity contribution in [2.75, 3.05) is 0 Å². The molecule has 2 rings (SSSR count). The lowest BCUT2D eigenvalue weighted by Gasteiger charge is -2.29. The molecule has 0 bridgehead atoms. The van der Waals surface area contributed by atoms with E-state index in [2.05, 4.69) is 20.4 Å². The van der Waals surface area contributed by atoms with Crippen LogP contribution in [-0.2, 0) is 6.54 Å². The normalized spacial score (nSPS) is 13.7. The van der Waals surface area contributed by atoms with Crippen LogP contribution in [0.4, 0.5) is 13.2 Å². The second-order valence-corrected chi connectivity index (χ2v) is 6.90. The molecule has 0 saturated heterocycles. The third-order valence-electron chi connectivity index (χ3n) is 4.48. The summed E-state index contributed by atoms with van der Waals surface area (Å²) in [7, 11) is 0. The number of hydrogen-bond donors (Lipinski definition) is 2. The average molecular weight is 371 g/mol. The third kappa shape index (κ3) is 4.44. The van der Waals surface area contributed by atoms with Crippen LogP contribution in [-0.4, -0.2) is 31.8 Å². The summed E-state index contributed by atoms with van der Waals surface area (Å²) in [5, 5.41) is 6.85. The smallest absolute Gasteiger partial charge is 0.344 e. The number of aromatic nitrogens is 4. The van der Waals surface area contributed by atoms with Crippen molar-refractivity contribution in [2.45, 2.75) is 59.3 Å². The summed E-state index contributed by atoms with van der Waals surface area (Å²) in [4.78, 5) is 19.7. The summed E-state index contributed by atoms with van der Waals surface area (Å²) in [5.74, 6) is 0.249. The molecular weight excluding hydrogens is 347 g/mol. The third-order valence-corrected chi connectivity index (χ3v) is 4.48. The number of amides is 1. The van der Waals surface area contributed by atoms with Gasteiger partial charge in [-0.05, 0) is 32.8 Å². The number of carbonyl (C=O) groups is 1. The SMILES string of the molecule is CCn1nccc1C(=O)NC(CCC(C)(C)C(F)(F)F)c1cnc(C)[nH]1. The van der Waals surface area contributed by atoms with Crippen LogP contribution in [0.3, 0.4) is 0 Å². The van der Waals surface area contributed by atoms with E-state index in [9.17, 15) is 18.0 Å². The van der Waals surface area contributed by atoms with Gasteiger partial charge in [0.2, 0.25) is 0 Å². The van der Waals surface area contributed by atoms with E-state index in [0.717, 1.165) is 13.8 Å². The van der Waals surface area contributed by atoms with E-state index in [-0.39, 0.29) is 18.7 Å². The van der Waals surface area contributed by atoms with Gasteiger partial charge in [0.05, 0.1) is 23.3 Å². The number of aromatic amines is 1. The standard InChI is InChI=1S/C17H24F3N5O/c1-5-25-14(7-9-22-25)15(26)24-12(13-10-21-11(2)23-13)6-8-16(3,4)17(18,19)20/h7,9-10,12H,5-6,8H2,1-4H3,(H,21,23)(H,24,26). The molecule has 0 aromatic carbocycles. The van der Waals surface area contributed by atoms with Crippen molar-refractivity contribution < 1.29 is 18.0 Å². The zero-order valence-corrected chi connectivity index (χ0v) is 15.3. The Morgan fingerprint density at radius 3 is 2.62 bits per heavy atom. The highest BCUT2D eigenvalue weighted by atomic mass is 19.4. The van der Waals surface area contributed by atoms with Gasteiger partial charge in [0, 0.05) is 12.7 Å². The van der Waals surface area contributed by atoms with E-state index in [1.807, 2.05) is 6.92 Å². The van der Waals surface area contributed by atoms with Gasteiger partial charge < -0.3 is 10.3 Å². The second-order valence-electron chi connectivity index (χ2n) is 6.90. The van der Waals surface area contributed by atoms with E-state index in [1.165, 1.54) is 17.1 Å². The number of rotatable bonds is 7. The number of hydrogen-bond acceptors (Lipinski definition) is 3. The Labute approximate surface area is 150 Å². The zero-order chi connectivity index (χ0) is 19.5. The molecule has 144 valence electrons. The average Bonchev–Trinajstić information content (AvgIpc) is 3.18. The Balaban J connectivity index is 2.18. The molecule has 0 saturated carbocycles. The zero-order valence-electron chi connectivity index (χ0n) is 15.3. The molecule has 2 heterocycles. The molecule has 1 atom stereocenters. The van der Waals surface area contributed by atoms with Crippen LogP contribution < -0.4 is 5.32 Å². The minimum absolute atomic E-state index is 0.125. The molecule has 0 aliphatic heterocycles. The molecular formula is C17H24F3N5O. The molecule has 0 fully saturated rings. The van der Waals surface area contributed by atoms with Gasteiger partial charge >= 0.3 is 6.18 Å². The van der Waals surface area contributed by atoms with Crippen LogP contribution in [0.25, 0.3) is 0 Å². The lowest BCUT2D eigenvalue weighted by atomic mass is 9.85. The maximum atomic E-state index is 13.2. The van der Waals surface area contributed by atoms with Crippen molar-refractivity contribution in [3.05, 3.63) is 35.7 Å². The summed E-state index contributed by atoms with van der Waals surface area (Å²) in [6, 6.07) is 0.971. The quantitative estimate of drug-likeness (QED) is 0.778. The fourth-order valence-electron chi connectivity index (χ4n) is 2.58. The monoisotopic (exact) mass is 371 g/mol. The van der Waals surface area contributed by atoms with Crippen LogP contribution >= 0.6 is 0 Å². The first-order valence-electron chi connectivity index (χ1n) is 8.46. The van der Waals surface area contributed by atoms with E-state index in [0.29, 0.717) is 23.8 Å². The minimum atomic E-state index is -4.31. The van der Waals surface area contributed by atoms with Gasteiger partial charge in [-0.25, -0.2) is 4.98 Å². The molecule has 1 unspecified atom stereocenters. The fraction of sp³-hybridized carbons (Fsp3) is 0.588. The van der Waals surface area contributed by atoms with Gasteiger partial charge in [-0.2, -0.15) is 18.3 Å². The Morgan fingerprint density at radius 1 is 1.38 bits per heavy atom. The fourth-order valence-corrected chi connectivity index (χ4v) is 2.58. The number of aryl methyl sites for hydroxylation is 2. The number of halogens is 3. The van der Waals surface area contributed by atoms with Crippen LogP contribution in [0, 0.1) is 12.3 Å². The summed E-state index contributed by atoms with van der Waals surface area (Å²) in [5.41, 5.74) is -0.906. The Bertz CT molecular complexity index is 748.